The average molecular weight is 292 g/mol. The molecule has 1 aromatic rings. The highest BCUT2D eigenvalue weighted by atomic mass is 16.6. The van der Waals surface area contributed by atoms with Crippen LogP contribution < -0.4 is 4.90 Å². The molecule has 0 unspecified atom stereocenters. The van der Waals surface area contributed by atoms with Gasteiger partial charge in [0, 0.05) is 25.7 Å². The maximum Gasteiger partial charge on any atom is 0.410 e. The number of ether oxygens (including phenoxy) is 1. The van der Waals surface area contributed by atoms with Crippen LogP contribution in [0.5, 0.6) is 0 Å². The molecule has 0 saturated carbocycles. The van der Waals surface area contributed by atoms with Crippen molar-refractivity contribution in [2.75, 3.05) is 24.5 Å². The Labute approximate surface area is 125 Å². The zero-order chi connectivity index (χ0) is 15.0. The molecule has 6 nitrogen and oxygen atoms in total. The molecule has 21 heavy (non-hydrogen) atoms. The third-order valence-electron chi connectivity index (χ3n) is 3.87. The molecule has 0 aromatic carbocycles. The molecule has 0 bridgehead atoms. The molecule has 0 N–H and O–H groups in total. The lowest BCUT2D eigenvalue weighted by Gasteiger charge is -2.30. The molecule has 2 aliphatic rings. The molecule has 3 rings (SSSR count). The van der Waals surface area contributed by atoms with Crippen molar-refractivity contribution in [3.8, 4) is 0 Å². The molecule has 0 spiro atoms. The van der Waals surface area contributed by atoms with Gasteiger partial charge in [-0.1, -0.05) is 0 Å². The number of hydrogen-bond acceptors (Lipinski definition) is 4. The van der Waals surface area contributed by atoms with E-state index in [1.165, 1.54) is 12.8 Å². The van der Waals surface area contributed by atoms with Crippen molar-refractivity contribution in [2.24, 2.45) is 0 Å². The normalized spacial score (nSPS) is 18.8. The first-order valence-electron chi connectivity index (χ1n) is 7.72. The van der Waals surface area contributed by atoms with Crippen LogP contribution in [0.3, 0.4) is 0 Å². The van der Waals surface area contributed by atoms with E-state index in [-0.39, 0.29) is 6.09 Å². The maximum atomic E-state index is 12.2. The van der Waals surface area contributed by atoms with Gasteiger partial charge in [-0.2, -0.15) is 5.10 Å². The SMILES string of the molecule is CC(C)(C)OC(=O)N1CCn2nc(N3CCCC3)cc2C1. The van der Waals surface area contributed by atoms with Crippen LogP contribution in [0.2, 0.25) is 0 Å². The van der Waals surface area contributed by atoms with Crippen LogP contribution >= 0.6 is 0 Å². The van der Waals surface area contributed by atoms with Crippen LogP contribution in [0.4, 0.5) is 10.6 Å². The van der Waals surface area contributed by atoms with Crippen LogP contribution in [-0.4, -0.2) is 46.0 Å². The molecule has 0 atom stereocenters. The third kappa shape index (κ3) is 3.14. The summed E-state index contributed by atoms with van der Waals surface area (Å²) in [7, 11) is 0. The van der Waals surface area contributed by atoms with Crippen LogP contribution in [0.1, 0.15) is 39.3 Å². The monoisotopic (exact) mass is 292 g/mol. The highest BCUT2D eigenvalue weighted by Gasteiger charge is 2.27. The van der Waals surface area contributed by atoms with Gasteiger partial charge in [0.25, 0.3) is 0 Å². The predicted molar refractivity (Wildman–Crippen MR) is 80.3 cm³/mol. The quantitative estimate of drug-likeness (QED) is 0.796. The maximum absolute atomic E-state index is 12.2. The highest BCUT2D eigenvalue weighted by Crippen LogP contribution is 2.23. The molecule has 1 amide bonds. The Morgan fingerprint density at radius 3 is 2.57 bits per heavy atom. The lowest BCUT2D eigenvalue weighted by Crippen LogP contribution is -2.41. The van der Waals surface area contributed by atoms with Crippen LogP contribution in [0.15, 0.2) is 6.07 Å². The van der Waals surface area contributed by atoms with Gasteiger partial charge in [0.15, 0.2) is 5.82 Å². The standard InChI is InChI=1S/C15H24N4O2/c1-15(2,3)21-14(20)18-8-9-19-12(11-18)10-13(16-19)17-6-4-5-7-17/h10H,4-9,11H2,1-3H3. The van der Waals surface area contributed by atoms with Gasteiger partial charge in [0.1, 0.15) is 5.60 Å². The molecule has 1 aromatic heterocycles. The van der Waals surface area contributed by atoms with Gasteiger partial charge in [0.05, 0.1) is 18.8 Å². The zero-order valence-corrected chi connectivity index (χ0v) is 13.1. The molecule has 1 fully saturated rings. The number of anilines is 1. The Morgan fingerprint density at radius 1 is 1.19 bits per heavy atom. The number of amides is 1. The second kappa shape index (κ2) is 5.24. The minimum Gasteiger partial charge on any atom is -0.444 e. The molecule has 0 aliphatic carbocycles. The first-order valence-corrected chi connectivity index (χ1v) is 7.72. The van der Waals surface area contributed by atoms with Crippen molar-refractivity contribution in [1.29, 1.82) is 0 Å². The Balaban J connectivity index is 1.69. The largest absolute Gasteiger partial charge is 0.444 e. The van der Waals surface area contributed by atoms with E-state index in [9.17, 15) is 4.79 Å². The second-order valence-electron chi connectivity index (χ2n) is 6.81. The van der Waals surface area contributed by atoms with Gasteiger partial charge < -0.3 is 14.5 Å². The average Bonchev–Trinajstić information content (AvgIpc) is 3.04. The van der Waals surface area contributed by atoms with Crippen molar-refractivity contribution in [3.63, 3.8) is 0 Å². The van der Waals surface area contributed by atoms with Gasteiger partial charge in [-0.25, -0.2) is 4.79 Å². The fourth-order valence-electron chi connectivity index (χ4n) is 2.83. The van der Waals surface area contributed by atoms with E-state index < -0.39 is 5.60 Å². The number of nitrogens with zero attached hydrogens (tertiary/aromatic N) is 4. The molecule has 2 aliphatic heterocycles. The van der Waals surface area contributed by atoms with Gasteiger partial charge in [-0.05, 0) is 33.6 Å². The summed E-state index contributed by atoms with van der Waals surface area (Å²) in [6.07, 6.45) is 2.25. The minimum absolute atomic E-state index is 0.238. The van der Waals surface area contributed by atoms with Crippen molar-refractivity contribution in [3.05, 3.63) is 11.8 Å². The molecular formula is C15H24N4O2. The summed E-state index contributed by atoms with van der Waals surface area (Å²) in [6.45, 7) is 9.83. The minimum atomic E-state index is -0.449. The topological polar surface area (TPSA) is 50.6 Å². The Kier molecular flexibility index (Phi) is 3.55. The highest BCUT2D eigenvalue weighted by molar-refractivity contribution is 5.68. The summed E-state index contributed by atoms with van der Waals surface area (Å²) in [5.74, 6) is 1.05. The van der Waals surface area contributed by atoms with E-state index in [0.29, 0.717) is 13.1 Å². The Bertz CT molecular complexity index is 526. The lowest BCUT2D eigenvalue weighted by atomic mass is 10.2. The molecule has 0 radical (unpaired) electrons. The summed E-state index contributed by atoms with van der Waals surface area (Å²) < 4.78 is 7.47. The number of fused-ring (bicyclic) bond motifs is 1. The molecule has 1 saturated heterocycles. The van der Waals surface area contributed by atoms with E-state index in [1.54, 1.807) is 4.90 Å². The van der Waals surface area contributed by atoms with Crippen molar-refractivity contribution >= 4 is 11.9 Å². The summed E-state index contributed by atoms with van der Waals surface area (Å²) in [5, 5.41) is 4.66. The number of aromatic nitrogens is 2. The van der Waals surface area contributed by atoms with Crippen LogP contribution in [0.25, 0.3) is 0 Å². The molecular weight excluding hydrogens is 268 g/mol. The number of rotatable bonds is 1. The van der Waals surface area contributed by atoms with Gasteiger partial charge in [-0.15, -0.1) is 0 Å². The van der Waals surface area contributed by atoms with Crippen LogP contribution in [0, 0.1) is 0 Å². The predicted octanol–water partition coefficient (Wildman–Crippen LogP) is 2.23. The fourth-order valence-corrected chi connectivity index (χ4v) is 2.83. The van der Waals surface area contributed by atoms with E-state index in [0.717, 1.165) is 31.1 Å². The summed E-state index contributed by atoms with van der Waals surface area (Å²) in [4.78, 5) is 16.2. The second-order valence-corrected chi connectivity index (χ2v) is 6.81. The van der Waals surface area contributed by atoms with E-state index in [4.69, 9.17) is 4.74 Å². The first-order chi connectivity index (χ1) is 9.92. The van der Waals surface area contributed by atoms with E-state index in [2.05, 4.69) is 16.1 Å². The zero-order valence-electron chi connectivity index (χ0n) is 13.1. The Morgan fingerprint density at radius 2 is 1.90 bits per heavy atom. The van der Waals surface area contributed by atoms with Gasteiger partial charge in [-0.3, -0.25) is 4.68 Å². The van der Waals surface area contributed by atoms with Crippen molar-refractivity contribution in [2.45, 2.75) is 52.3 Å². The number of carbonyl (C=O) groups excluding carboxylic acids is 1. The van der Waals surface area contributed by atoms with Crippen molar-refractivity contribution < 1.29 is 9.53 Å². The van der Waals surface area contributed by atoms with Gasteiger partial charge in [0.2, 0.25) is 0 Å². The number of carbonyl (C=O) groups is 1. The lowest BCUT2D eigenvalue weighted by molar-refractivity contribution is 0.0194. The van der Waals surface area contributed by atoms with Crippen LogP contribution in [-0.2, 0) is 17.8 Å². The molecule has 6 heteroatoms. The van der Waals surface area contributed by atoms with E-state index in [1.807, 2.05) is 25.5 Å². The summed E-state index contributed by atoms with van der Waals surface area (Å²) in [6, 6.07) is 2.11. The molecule has 3 heterocycles. The van der Waals surface area contributed by atoms with E-state index >= 15 is 0 Å². The fraction of sp³-hybridized carbons (Fsp3) is 0.733. The molecule has 116 valence electrons. The summed E-state index contributed by atoms with van der Waals surface area (Å²) >= 11 is 0. The number of hydrogen-bond donors (Lipinski definition) is 0. The van der Waals surface area contributed by atoms with Gasteiger partial charge >= 0.3 is 6.09 Å². The van der Waals surface area contributed by atoms with Crippen molar-refractivity contribution in [1.82, 2.24) is 14.7 Å². The Hall–Kier alpha value is -1.72. The third-order valence-corrected chi connectivity index (χ3v) is 3.87. The summed E-state index contributed by atoms with van der Waals surface area (Å²) in [5.41, 5.74) is 0.643. The first kappa shape index (κ1) is 14.2. The smallest absolute Gasteiger partial charge is 0.410 e.